The summed E-state index contributed by atoms with van der Waals surface area (Å²) in [4.78, 5) is 6.56. The van der Waals surface area contributed by atoms with Crippen molar-refractivity contribution in [1.29, 1.82) is 0 Å². The fourth-order valence-corrected chi connectivity index (χ4v) is 3.18. The Morgan fingerprint density at radius 1 is 1.32 bits per heavy atom. The van der Waals surface area contributed by atoms with Crippen molar-refractivity contribution >= 4 is 6.08 Å². The molecule has 2 heterocycles. The first-order valence-electron chi connectivity index (χ1n) is 8.56. The number of rotatable bonds is 6. The van der Waals surface area contributed by atoms with Gasteiger partial charge in [0.15, 0.2) is 0 Å². The second-order valence-corrected chi connectivity index (χ2v) is 6.38. The summed E-state index contributed by atoms with van der Waals surface area (Å²) < 4.78 is 20.9. The summed E-state index contributed by atoms with van der Waals surface area (Å²) in [6.07, 6.45) is 7.84. The standard InChI is InChI=1S/C19H25FN4O/c1-23-10-11-25-18(19(23)17-12-22-14-24(17)2)13-21-9-3-4-15-5-7-16(20)8-6-15/h3-8,12,14,18-19,21H,9-11,13H2,1-2H3/t18-,19-/m0/s1. The van der Waals surface area contributed by atoms with Gasteiger partial charge in [-0.15, -0.1) is 0 Å². The summed E-state index contributed by atoms with van der Waals surface area (Å²) in [6.45, 7) is 3.15. The minimum Gasteiger partial charge on any atom is -0.374 e. The smallest absolute Gasteiger partial charge is 0.123 e. The minimum absolute atomic E-state index is 0.0772. The fourth-order valence-electron chi connectivity index (χ4n) is 3.18. The van der Waals surface area contributed by atoms with Gasteiger partial charge >= 0.3 is 0 Å². The van der Waals surface area contributed by atoms with Gasteiger partial charge < -0.3 is 14.6 Å². The third-order valence-electron chi connectivity index (χ3n) is 4.55. The highest BCUT2D eigenvalue weighted by atomic mass is 19.1. The molecule has 25 heavy (non-hydrogen) atoms. The van der Waals surface area contributed by atoms with Gasteiger partial charge in [-0.25, -0.2) is 9.37 Å². The molecule has 0 unspecified atom stereocenters. The maximum Gasteiger partial charge on any atom is 0.123 e. The topological polar surface area (TPSA) is 42.3 Å². The zero-order chi connectivity index (χ0) is 17.6. The Balaban J connectivity index is 1.54. The minimum atomic E-state index is -0.213. The lowest BCUT2D eigenvalue weighted by Gasteiger charge is -2.39. The fraction of sp³-hybridized carbons (Fsp3) is 0.421. The van der Waals surface area contributed by atoms with E-state index >= 15 is 0 Å². The Morgan fingerprint density at radius 2 is 2.12 bits per heavy atom. The van der Waals surface area contributed by atoms with E-state index in [4.69, 9.17) is 4.74 Å². The van der Waals surface area contributed by atoms with Gasteiger partial charge in [0.2, 0.25) is 0 Å². The Labute approximate surface area is 148 Å². The van der Waals surface area contributed by atoms with Gasteiger partial charge in [-0.3, -0.25) is 4.90 Å². The Bertz CT molecular complexity index is 698. The number of halogens is 1. The maximum atomic E-state index is 12.9. The van der Waals surface area contributed by atoms with Crippen LogP contribution >= 0.6 is 0 Å². The molecule has 0 radical (unpaired) electrons. The average molecular weight is 344 g/mol. The van der Waals surface area contributed by atoms with Crippen LogP contribution < -0.4 is 5.32 Å². The van der Waals surface area contributed by atoms with Gasteiger partial charge in [-0.05, 0) is 24.7 Å². The predicted octanol–water partition coefficient (Wildman–Crippen LogP) is 2.23. The molecule has 1 aliphatic heterocycles. The van der Waals surface area contributed by atoms with Crippen LogP contribution in [0.3, 0.4) is 0 Å². The lowest BCUT2D eigenvalue weighted by Crippen LogP contribution is -2.48. The summed E-state index contributed by atoms with van der Waals surface area (Å²) in [5, 5.41) is 3.43. The first kappa shape index (κ1) is 17.8. The van der Waals surface area contributed by atoms with Crippen LogP contribution in [0.5, 0.6) is 0 Å². The van der Waals surface area contributed by atoms with Crippen molar-refractivity contribution in [2.24, 2.45) is 7.05 Å². The van der Waals surface area contributed by atoms with Gasteiger partial charge in [0.05, 0.1) is 30.8 Å². The molecule has 1 saturated heterocycles. The summed E-state index contributed by atoms with van der Waals surface area (Å²) in [5.74, 6) is -0.213. The molecule has 0 bridgehead atoms. The monoisotopic (exact) mass is 344 g/mol. The summed E-state index contributed by atoms with van der Waals surface area (Å²) in [5.41, 5.74) is 2.15. The normalized spacial score (nSPS) is 21.9. The van der Waals surface area contributed by atoms with E-state index in [2.05, 4.69) is 26.8 Å². The van der Waals surface area contributed by atoms with E-state index < -0.39 is 0 Å². The Kier molecular flexibility index (Phi) is 5.96. The van der Waals surface area contributed by atoms with E-state index in [1.54, 1.807) is 12.1 Å². The molecule has 5 nitrogen and oxygen atoms in total. The molecule has 6 heteroatoms. The van der Waals surface area contributed by atoms with Gasteiger partial charge in [-0.1, -0.05) is 24.3 Å². The molecule has 1 aromatic carbocycles. The highest BCUT2D eigenvalue weighted by Crippen LogP contribution is 2.27. The molecule has 1 N–H and O–H groups in total. The van der Waals surface area contributed by atoms with Crippen LogP contribution in [-0.2, 0) is 11.8 Å². The summed E-state index contributed by atoms with van der Waals surface area (Å²) >= 11 is 0. The van der Waals surface area contributed by atoms with Crippen LogP contribution in [0, 0.1) is 5.82 Å². The molecular weight excluding hydrogens is 319 g/mol. The number of aryl methyl sites for hydroxylation is 1. The number of hydrogen-bond acceptors (Lipinski definition) is 4. The molecule has 1 aliphatic rings. The number of likely N-dealkylation sites (N-methyl/N-ethyl adjacent to an activating group) is 1. The van der Waals surface area contributed by atoms with E-state index in [1.807, 2.05) is 31.7 Å². The highest BCUT2D eigenvalue weighted by molar-refractivity contribution is 5.48. The van der Waals surface area contributed by atoms with Crippen LogP contribution in [0.1, 0.15) is 17.3 Å². The first-order chi connectivity index (χ1) is 12.1. The van der Waals surface area contributed by atoms with Crippen LogP contribution in [0.15, 0.2) is 42.9 Å². The molecule has 2 aromatic rings. The number of aromatic nitrogens is 2. The summed E-state index contributed by atoms with van der Waals surface area (Å²) in [6, 6.07) is 6.66. The van der Waals surface area contributed by atoms with Gasteiger partial charge in [0, 0.05) is 32.9 Å². The van der Waals surface area contributed by atoms with Crippen molar-refractivity contribution in [1.82, 2.24) is 19.8 Å². The third-order valence-corrected chi connectivity index (χ3v) is 4.55. The molecule has 0 saturated carbocycles. The summed E-state index contributed by atoms with van der Waals surface area (Å²) in [7, 11) is 4.14. The zero-order valence-corrected chi connectivity index (χ0v) is 14.7. The van der Waals surface area contributed by atoms with E-state index in [0.29, 0.717) is 0 Å². The second kappa shape index (κ2) is 8.38. The average Bonchev–Trinajstić information content (AvgIpc) is 3.02. The van der Waals surface area contributed by atoms with Crippen LogP contribution in [0.2, 0.25) is 0 Å². The number of imidazole rings is 1. The molecule has 0 aliphatic carbocycles. The number of benzene rings is 1. The largest absolute Gasteiger partial charge is 0.374 e. The van der Waals surface area contributed by atoms with Gasteiger partial charge in [0.25, 0.3) is 0 Å². The number of hydrogen-bond donors (Lipinski definition) is 1. The Hall–Kier alpha value is -2.02. The van der Waals surface area contributed by atoms with Crippen molar-refractivity contribution in [3.63, 3.8) is 0 Å². The van der Waals surface area contributed by atoms with E-state index in [1.165, 1.54) is 12.1 Å². The van der Waals surface area contributed by atoms with Crippen molar-refractivity contribution < 1.29 is 9.13 Å². The lowest BCUT2D eigenvalue weighted by atomic mass is 10.0. The van der Waals surface area contributed by atoms with E-state index in [9.17, 15) is 4.39 Å². The van der Waals surface area contributed by atoms with Crippen LogP contribution in [0.4, 0.5) is 4.39 Å². The maximum absolute atomic E-state index is 12.9. The quantitative estimate of drug-likeness (QED) is 0.816. The first-order valence-corrected chi connectivity index (χ1v) is 8.56. The van der Waals surface area contributed by atoms with E-state index in [0.717, 1.165) is 37.5 Å². The highest BCUT2D eigenvalue weighted by Gasteiger charge is 2.32. The SMILES string of the molecule is CN1CCO[C@@H](CNCC=Cc2ccc(F)cc2)[C@@H]1c1cncn1C. The molecule has 0 spiro atoms. The van der Waals surface area contributed by atoms with Crippen molar-refractivity contribution in [3.8, 4) is 0 Å². The van der Waals surface area contributed by atoms with Gasteiger partial charge in [-0.2, -0.15) is 0 Å². The number of morpholine rings is 1. The van der Waals surface area contributed by atoms with Crippen molar-refractivity contribution in [2.45, 2.75) is 12.1 Å². The Morgan fingerprint density at radius 3 is 2.84 bits per heavy atom. The number of ether oxygens (including phenoxy) is 1. The van der Waals surface area contributed by atoms with Crippen LogP contribution in [0.25, 0.3) is 6.08 Å². The zero-order valence-electron chi connectivity index (χ0n) is 14.7. The molecule has 0 amide bonds. The molecule has 3 rings (SSSR count). The van der Waals surface area contributed by atoms with Crippen molar-refractivity contribution in [3.05, 3.63) is 59.9 Å². The molecule has 1 aromatic heterocycles. The van der Waals surface area contributed by atoms with Crippen LogP contribution in [-0.4, -0.2) is 53.8 Å². The second-order valence-electron chi connectivity index (χ2n) is 6.38. The molecule has 134 valence electrons. The van der Waals surface area contributed by atoms with Gasteiger partial charge in [0.1, 0.15) is 5.82 Å². The third kappa shape index (κ3) is 4.54. The predicted molar refractivity (Wildman–Crippen MR) is 96.6 cm³/mol. The number of nitrogens with one attached hydrogen (secondary N) is 1. The van der Waals surface area contributed by atoms with Crippen molar-refractivity contribution in [2.75, 3.05) is 33.3 Å². The van der Waals surface area contributed by atoms with E-state index in [-0.39, 0.29) is 18.0 Å². The number of nitrogens with zero attached hydrogens (tertiary/aromatic N) is 3. The molecule has 2 atom stereocenters. The molecular formula is C19H25FN4O. The molecule has 1 fully saturated rings. The lowest BCUT2D eigenvalue weighted by molar-refractivity contribution is -0.0631.